The van der Waals surface area contributed by atoms with Crippen molar-refractivity contribution in [1.82, 2.24) is 10.6 Å². The van der Waals surface area contributed by atoms with Crippen molar-refractivity contribution in [1.29, 1.82) is 0 Å². The molecule has 1 aliphatic rings. The molecule has 0 saturated heterocycles. The zero-order chi connectivity index (χ0) is 19.3. The monoisotopic (exact) mass is 410 g/mol. The van der Waals surface area contributed by atoms with E-state index in [1.807, 2.05) is 18.2 Å². The number of ether oxygens (including phenoxy) is 2. The van der Waals surface area contributed by atoms with Gasteiger partial charge in [0.2, 0.25) is 6.79 Å². The second-order valence-corrected chi connectivity index (χ2v) is 7.95. The van der Waals surface area contributed by atoms with Crippen LogP contribution in [0.2, 0.25) is 0 Å². The summed E-state index contributed by atoms with van der Waals surface area (Å²) in [5, 5.41) is 9.49. The Morgan fingerprint density at radius 3 is 2.61 bits per heavy atom. The third kappa shape index (κ3) is 4.29. The van der Waals surface area contributed by atoms with Crippen LogP contribution < -0.4 is 20.1 Å². The minimum absolute atomic E-state index is 0.0302. The summed E-state index contributed by atoms with van der Waals surface area (Å²) in [6.45, 7) is 3.07. The lowest BCUT2D eigenvalue weighted by Gasteiger charge is -2.21. The average Bonchev–Trinajstić information content (AvgIpc) is 3.42. The number of aryl methyl sites for hydroxylation is 1. The number of rotatable bonds is 6. The normalized spacial score (nSPS) is 13.2. The van der Waals surface area contributed by atoms with E-state index in [1.165, 1.54) is 16.0 Å². The van der Waals surface area contributed by atoms with Crippen LogP contribution in [0.15, 0.2) is 60.0 Å². The average molecular weight is 411 g/mol. The molecule has 6 heteroatoms. The summed E-state index contributed by atoms with van der Waals surface area (Å²) in [6.07, 6.45) is 1.03. The molecule has 0 radical (unpaired) electrons. The fourth-order valence-corrected chi connectivity index (χ4v) is 4.13. The van der Waals surface area contributed by atoms with Gasteiger partial charge in [-0.05, 0) is 58.9 Å². The van der Waals surface area contributed by atoms with E-state index in [1.54, 1.807) is 11.3 Å². The summed E-state index contributed by atoms with van der Waals surface area (Å²) in [5.41, 5.74) is 3.62. The molecule has 144 valence electrons. The van der Waals surface area contributed by atoms with Gasteiger partial charge in [-0.3, -0.25) is 0 Å². The van der Waals surface area contributed by atoms with Crippen molar-refractivity contribution in [2.24, 2.45) is 0 Å². The van der Waals surface area contributed by atoms with E-state index < -0.39 is 0 Å². The maximum Gasteiger partial charge on any atom is 0.231 e. The van der Waals surface area contributed by atoms with Gasteiger partial charge in [-0.1, -0.05) is 43.3 Å². The van der Waals surface area contributed by atoms with Crippen LogP contribution in [0.4, 0.5) is 0 Å². The molecule has 2 aromatic carbocycles. The molecule has 2 N–H and O–H groups in total. The number of hydrogen-bond acceptors (Lipinski definition) is 4. The number of thiophene rings is 1. The van der Waals surface area contributed by atoms with Gasteiger partial charge in [0.25, 0.3) is 0 Å². The zero-order valence-corrected chi connectivity index (χ0v) is 17.2. The molecule has 0 saturated carbocycles. The highest BCUT2D eigenvalue weighted by Crippen LogP contribution is 2.32. The fourth-order valence-electron chi connectivity index (χ4n) is 3.14. The number of nitrogens with one attached hydrogen (secondary N) is 2. The standard InChI is InChI=1S/C22H22N2O2S2/c1-2-15-5-8-17(9-6-15)21(20-4-3-11-28-20)24-22(27)23-13-16-7-10-18-19(12-16)26-14-25-18/h3-12,21H,2,13-14H2,1H3,(H2,23,24,27)/t21-/m1/s1. The predicted molar refractivity (Wildman–Crippen MR) is 117 cm³/mol. The van der Waals surface area contributed by atoms with Gasteiger partial charge in [0, 0.05) is 11.4 Å². The Hall–Kier alpha value is -2.57. The van der Waals surface area contributed by atoms with E-state index in [4.69, 9.17) is 21.7 Å². The summed E-state index contributed by atoms with van der Waals surface area (Å²) in [7, 11) is 0. The van der Waals surface area contributed by atoms with E-state index >= 15 is 0 Å². The molecule has 0 amide bonds. The third-order valence-electron chi connectivity index (χ3n) is 4.71. The smallest absolute Gasteiger partial charge is 0.231 e. The topological polar surface area (TPSA) is 42.5 Å². The predicted octanol–water partition coefficient (Wildman–Crippen LogP) is 4.79. The van der Waals surface area contributed by atoms with Gasteiger partial charge in [0.1, 0.15) is 0 Å². The highest BCUT2D eigenvalue weighted by atomic mass is 32.1. The highest BCUT2D eigenvalue weighted by molar-refractivity contribution is 7.80. The van der Waals surface area contributed by atoms with Crippen LogP contribution in [0.3, 0.4) is 0 Å². The van der Waals surface area contributed by atoms with Crippen molar-refractivity contribution in [3.05, 3.63) is 81.5 Å². The molecule has 4 rings (SSSR count). The second kappa shape index (κ2) is 8.63. The summed E-state index contributed by atoms with van der Waals surface area (Å²) >= 11 is 7.30. The Morgan fingerprint density at radius 2 is 1.86 bits per heavy atom. The Labute approximate surface area is 174 Å². The van der Waals surface area contributed by atoms with Crippen molar-refractivity contribution >= 4 is 28.7 Å². The molecule has 1 aliphatic heterocycles. The van der Waals surface area contributed by atoms with E-state index in [0.29, 0.717) is 11.7 Å². The largest absolute Gasteiger partial charge is 0.454 e. The maximum absolute atomic E-state index is 5.58. The van der Waals surface area contributed by atoms with Crippen LogP contribution in [0.25, 0.3) is 0 Å². The van der Waals surface area contributed by atoms with Crippen molar-refractivity contribution < 1.29 is 9.47 Å². The van der Waals surface area contributed by atoms with E-state index in [9.17, 15) is 0 Å². The van der Waals surface area contributed by atoms with E-state index in [2.05, 4.69) is 59.3 Å². The van der Waals surface area contributed by atoms with Gasteiger partial charge in [-0.25, -0.2) is 0 Å². The summed E-state index contributed by atoms with van der Waals surface area (Å²) in [5.74, 6) is 1.57. The number of fused-ring (bicyclic) bond motifs is 1. The molecular formula is C22H22N2O2S2. The van der Waals surface area contributed by atoms with Gasteiger partial charge in [0.05, 0.1) is 6.04 Å². The van der Waals surface area contributed by atoms with Crippen LogP contribution in [0.5, 0.6) is 11.5 Å². The van der Waals surface area contributed by atoms with Crippen molar-refractivity contribution in [2.45, 2.75) is 25.9 Å². The minimum atomic E-state index is 0.0302. The van der Waals surface area contributed by atoms with Gasteiger partial charge < -0.3 is 20.1 Å². The summed E-state index contributed by atoms with van der Waals surface area (Å²) < 4.78 is 10.8. The first-order valence-electron chi connectivity index (χ1n) is 9.28. The van der Waals surface area contributed by atoms with Crippen molar-refractivity contribution in [3.63, 3.8) is 0 Å². The fraction of sp³-hybridized carbons (Fsp3) is 0.227. The third-order valence-corrected chi connectivity index (χ3v) is 5.91. The Balaban J connectivity index is 1.43. The molecule has 1 atom stereocenters. The molecule has 28 heavy (non-hydrogen) atoms. The lowest BCUT2D eigenvalue weighted by molar-refractivity contribution is 0.174. The molecule has 0 spiro atoms. The summed E-state index contributed by atoms with van der Waals surface area (Å²) in [4.78, 5) is 1.23. The van der Waals surface area contributed by atoms with Gasteiger partial charge in [0.15, 0.2) is 16.6 Å². The first kappa shape index (κ1) is 18.8. The zero-order valence-electron chi connectivity index (χ0n) is 15.6. The van der Waals surface area contributed by atoms with Gasteiger partial charge in [-0.15, -0.1) is 11.3 Å². The van der Waals surface area contributed by atoms with Crippen LogP contribution in [0, 0.1) is 0 Å². The van der Waals surface area contributed by atoms with E-state index in [0.717, 1.165) is 23.5 Å². The Bertz CT molecular complexity index is 940. The number of hydrogen-bond donors (Lipinski definition) is 2. The quantitative estimate of drug-likeness (QED) is 0.572. The van der Waals surface area contributed by atoms with Gasteiger partial charge in [-0.2, -0.15) is 0 Å². The van der Waals surface area contributed by atoms with E-state index in [-0.39, 0.29) is 12.8 Å². The van der Waals surface area contributed by atoms with Crippen LogP contribution in [-0.4, -0.2) is 11.9 Å². The molecule has 0 bridgehead atoms. The molecule has 0 fully saturated rings. The molecule has 1 aromatic heterocycles. The molecule has 3 aromatic rings. The SMILES string of the molecule is CCc1ccc([C@@H](NC(=S)NCc2ccc3c(c2)OCO3)c2cccs2)cc1. The first-order chi connectivity index (χ1) is 13.7. The van der Waals surface area contributed by atoms with Gasteiger partial charge >= 0.3 is 0 Å². The van der Waals surface area contributed by atoms with Crippen molar-refractivity contribution in [3.8, 4) is 11.5 Å². The number of benzene rings is 2. The Morgan fingerprint density at radius 1 is 1.07 bits per heavy atom. The summed E-state index contributed by atoms with van der Waals surface area (Å²) in [6, 6.07) is 18.9. The first-order valence-corrected chi connectivity index (χ1v) is 10.6. The minimum Gasteiger partial charge on any atom is -0.454 e. The Kier molecular flexibility index (Phi) is 5.78. The maximum atomic E-state index is 5.58. The number of thiocarbonyl (C=S) groups is 1. The van der Waals surface area contributed by atoms with Crippen LogP contribution in [0.1, 0.15) is 34.5 Å². The lowest BCUT2D eigenvalue weighted by atomic mass is 10.0. The molecule has 0 aliphatic carbocycles. The molecule has 4 nitrogen and oxygen atoms in total. The lowest BCUT2D eigenvalue weighted by Crippen LogP contribution is -2.37. The van der Waals surface area contributed by atoms with Crippen molar-refractivity contribution in [2.75, 3.05) is 6.79 Å². The highest BCUT2D eigenvalue weighted by Gasteiger charge is 2.17. The van der Waals surface area contributed by atoms with Crippen LogP contribution >= 0.6 is 23.6 Å². The molecular weight excluding hydrogens is 388 g/mol. The van der Waals surface area contributed by atoms with Crippen LogP contribution in [-0.2, 0) is 13.0 Å². The molecule has 0 unspecified atom stereocenters. The molecule has 2 heterocycles. The second-order valence-electron chi connectivity index (χ2n) is 6.56.